The van der Waals surface area contributed by atoms with Crippen LogP contribution in [-0.4, -0.2) is 69.4 Å². The monoisotopic (exact) mass is 485 g/mol. The number of hydrogen-bond acceptors (Lipinski definition) is 8. The Balaban J connectivity index is 1.68. The lowest BCUT2D eigenvalue weighted by atomic mass is 9.98. The molecular formula is C22H31N9O4. The van der Waals surface area contributed by atoms with E-state index in [4.69, 9.17) is 5.73 Å². The normalized spacial score (nSPS) is 16.2. The van der Waals surface area contributed by atoms with E-state index in [0.29, 0.717) is 24.4 Å². The highest BCUT2D eigenvalue weighted by Crippen LogP contribution is 2.32. The zero-order valence-electron chi connectivity index (χ0n) is 19.8. The van der Waals surface area contributed by atoms with Crippen LogP contribution in [0.15, 0.2) is 24.3 Å². The number of carbonyl (C=O) groups excluding carboxylic acids is 4. The Labute approximate surface area is 202 Å². The van der Waals surface area contributed by atoms with Crippen molar-refractivity contribution in [3.63, 3.8) is 0 Å². The van der Waals surface area contributed by atoms with Gasteiger partial charge in [-0.15, -0.1) is 10.2 Å². The van der Waals surface area contributed by atoms with Crippen LogP contribution in [0, 0.1) is 5.92 Å². The van der Waals surface area contributed by atoms with Crippen molar-refractivity contribution in [2.45, 2.75) is 51.7 Å². The number of benzene rings is 1. The van der Waals surface area contributed by atoms with E-state index in [-0.39, 0.29) is 43.8 Å². The molecular weight excluding hydrogens is 454 g/mol. The first-order valence-corrected chi connectivity index (χ1v) is 11.5. The van der Waals surface area contributed by atoms with Gasteiger partial charge in [0.2, 0.25) is 23.6 Å². The van der Waals surface area contributed by atoms with Crippen molar-refractivity contribution < 1.29 is 19.2 Å². The summed E-state index contributed by atoms with van der Waals surface area (Å²) in [7, 11) is 0. The number of fused-ring (bicyclic) bond motifs is 1. The molecule has 188 valence electrons. The van der Waals surface area contributed by atoms with Gasteiger partial charge >= 0.3 is 0 Å². The molecule has 3 rings (SSSR count). The van der Waals surface area contributed by atoms with Gasteiger partial charge in [0, 0.05) is 25.1 Å². The van der Waals surface area contributed by atoms with Gasteiger partial charge in [-0.2, -0.15) is 5.21 Å². The second kappa shape index (κ2) is 12.0. The van der Waals surface area contributed by atoms with Gasteiger partial charge in [-0.05, 0) is 17.5 Å². The molecule has 0 fully saturated rings. The quantitative estimate of drug-likeness (QED) is 0.261. The topological polar surface area (TPSA) is 188 Å². The molecule has 0 bridgehead atoms. The molecule has 13 heteroatoms. The van der Waals surface area contributed by atoms with Crippen LogP contribution in [-0.2, 0) is 32.1 Å². The summed E-state index contributed by atoms with van der Waals surface area (Å²) >= 11 is 0. The van der Waals surface area contributed by atoms with Gasteiger partial charge in [-0.1, -0.05) is 43.7 Å². The number of anilines is 1. The predicted molar refractivity (Wildman–Crippen MR) is 126 cm³/mol. The summed E-state index contributed by atoms with van der Waals surface area (Å²) in [4.78, 5) is 52.5. The molecule has 0 saturated carbocycles. The minimum Gasteiger partial charge on any atom is -0.347 e. The van der Waals surface area contributed by atoms with E-state index in [2.05, 4.69) is 36.6 Å². The molecule has 1 aliphatic rings. The molecule has 0 spiro atoms. The largest absolute Gasteiger partial charge is 0.347 e. The number of para-hydroxylation sites is 1. The standard InChI is InChI=1S/C22H31N9O4/c1-3-13(2)20(26-18(32)8-9-23)22(35)25-12-19(33)31-15-7-5-4-6-14(15)10-16(31)21(34)24-11-17-27-29-30-28-17/h4-7,13,16,20H,3,8-12,23H2,1-2H3,(H,24,34)(H,25,35)(H,26,32)(H,27,28,29,30)/t13?,16-,20?/m0/s1. The Morgan fingerprint density at radius 3 is 2.69 bits per heavy atom. The highest BCUT2D eigenvalue weighted by Gasteiger charge is 2.38. The number of nitrogens with zero attached hydrogens (tertiary/aromatic N) is 4. The van der Waals surface area contributed by atoms with Crippen molar-refractivity contribution in [2.24, 2.45) is 11.7 Å². The third kappa shape index (κ3) is 6.38. The number of aromatic nitrogens is 4. The molecule has 1 aromatic heterocycles. The molecule has 3 atom stereocenters. The minimum atomic E-state index is -0.799. The third-order valence-corrected chi connectivity index (χ3v) is 5.95. The van der Waals surface area contributed by atoms with E-state index >= 15 is 0 Å². The van der Waals surface area contributed by atoms with Gasteiger partial charge < -0.3 is 21.7 Å². The van der Waals surface area contributed by atoms with Crippen molar-refractivity contribution in [3.05, 3.63) is 35.7 Å². The van der Waals surface area contributed by atoms with Crippen LogP contribution >= 0.6 is 0 Å². The maximum Gasteiger partial charge on any atom is 0.247 e. The molecule has 2 unspecified atom stereocenters. The van der Waals surface area contributed by atoms with Crippen LogP contribution in [0.25, 0.3) is 0 Å². The smallest absolute Gasteiger partial charge is 0.247 e. The summed E-state index contributed by atoms with van der Waals surface area (Å²) in [6.07, 6.45) is 1.08. The first-order valence-electron chi connectivity index (χ1n) is 11.5. The molecule has 1 aliphatic heterocycles. The summed E-state index contributed by atoms with van der Waals surface area (Å²) in [6, 6.07) is 5.64. The number of hydrogen-bond donors (Lipinski definition) is 5. The second-order valence-electron chi connectivity index (χ2n) is 8.35. The van der Waals surface area contributed by atoms with E-state index in [1.165, 1.54) is 4.90 Å². The summed E-state index contributed by atoms with van der Waals surface area (Å²) in [5, 5.41) is 21.4. The highest BCUT2D eigenvalue weighted by atomic mass is 16.2. The molecule has 4 amide bonds. The van der Waals surface area contributed by atoms with E-state index in [1.807, 2.05) is 26.0 Å². The van der Waals surface area contributed by atoms with Gasteiger partial charge in [0.15, 0.2) is 5.82 Å². The fourth-order valence-corrected chi connectivity index (χ4v) is 3.88. The van der Waals surface area contributed by atoms with E-state index in [9.17, 15) is 19.2 Å². The first kappa shape index (κ1) is 25.7. The molecule has 2 heterocycles. The lowest BCUT2D eigenvalue weighted by Crippen LogP contribution is -2.54. The van der Waals surface area contributed by atoms with Crippen LogP contribution < -0.4 is 26.6 Å². The van der Waals surface area contributed by atoms with Crippen molar-refractivity contribution in [3.8, 4) is 0 Å². The average Bonchev–Trinajstić information content (AvgIpc) is 3.51. The molecule has 13 nitrogen and oxygen atoms in total. The number of nitrogens with two attached hydrogens (primary N) is 1. The SMILES string of the molecule is CCC(C)C(NC(=O)CCN)C(=O)NCC(=O)N1c2ccccc2C[C@H]1C(=O)NCc1nn[nH]n1. The Morgan fingerprint density at radius 1 is 1.23 bits per heavy atom. The van der Waals surface area contributed by atoms with Gasteiger partial charge in [-0.3, -0.25) is 24.1 Å². The first-order chi connectivity index (χ1) is 16.8. The second-order valence-corrected chi connectivity index (χ2v) is 8.35. The Morgan fingerprint density at radius 2 is 2.00 bits per heavy atom. The van der Waals surface area contributed by atoms with Crippen molar-refractivity contribution >= 4 is 29.3 Å². The molecule has 6 N–H and O–H groups in total. The van der Waals surface area contributed by atoms with E-state index < -0.39 is 23.9 Å². The van der Waals surface area contributed by atoms with Gasteiger partial charge in [0.1, 0.15) is 12.1 Å². The molecule has 35 heavy (non-hydrogen) atoms. The molecule has 0 aliphatic carbocycles. The van der Waals surface area contributed by atoms with Gasteiger partial charge in [0.25, 0.3) is 0 Å². The molecule has 1 aromatic carbocycles. The number of aromatic amines is 1. The predicted octanol–water partition coefficient (Wildman–Crippen LogP) is -1.23. The number of tetrazole rings is 1. The Bertz CT molecular complexity index is 1040. The van der Waals surface area contributed by atoms with E-state index in [1.54, 1.807) is 12.1 Å². The van der Waals surface area contributed by atoms with Crippen LogP contribution in [0.5, 0.6) is 0 Å². The summed E-state index contributed by atoms with van der Waals surface area (Å²) < 4.78 is 0. The van der Waals surface area contributed by atoms with Crippen molar-refractivity contribution in [2.75, 3.05) is 18.0 Å². The average molecular weight is 486 g/mol. The maximum atomic E-state index is 13.2. The van der Waals surface area contributed by atoms with Gasteiger partial charge in [-0.25, -0.2) is 0 Å². The number of nitrogens with one attached hydrogen (secondary N) is 4. The van der Waals surface area contributed by atoms with Crippen LogP contribution in [0.1, 0.15) is 38.1 Å². The Hall–Kier alpha value is -3.87. The number of rotatable bonds is 11. The maximum absolute atomic E-state index is 13.2. The van der Waals surface area contributed by atoms with Crippen molar-refractivity contribution in [1.29, 1.82) is 0 Å². The summed E-state index contributed by atoms with van der Waals surface area (Å²) in [6.45, 7) is 3.64. The number of amides is 4. The third-order valence-electron chi connectivity index (χ3n) is 5.95. The van der Waals surface area contributed by atoms with Crippen LogP contribution in [0.3, 0.4) is 0 Å². The molecule has 2 aromatic rings. The molecule has 0 saturated heterocycles. The zero-order valence-corrected chi connectivity index (χ0v) is 19.8. The van der Waals surface area contributed by atoms with Crippen molar-refractivity contribution in [1.82, 2.24) is 36.6 Å². The van der Waals surface area contributed by atoms with E-state index in [0.717, 1.165) is 5.56 Å². The zero-order chi connectivity index (χ0) is 25.4. The highest BCUT2D eigenvalue weighted by molar-refractivity contribution is 6.05. The number of carbonyl (C=O) groups is 4. The number of H-pyrrole nitrogens is 1. The Kier molecular flexibility index (Phi) is 8.84. The molecule has 0 radical (unpaired) electrons. The van der Waals surface area contributed by atoms with Gasteiger partial charge in [0.05, 0.1) is 13.1 Å². The van der Waals surface area contributed by atoms with Crippen LogP contribution in [0.2, 0.25) is 0 Å². The lowest BCUT2D eigenvalue weighted by Gasteiger charge is -2.26. The fourth-order valence-electron chi connectivity index (χ4n) is 3.88. The minimum absolute atomic E-state index is 0.0556. The lowest BCUT2D eigenvalue weighted by molar-refractivity contribution is -0.131. The fraction of sp³-hybridized carbons (Fsp3) is 0.500. The van der Waals surface area contributed by atoms with Crippen LogP contribution in [0.4, 0.5) is 5.69 Å². The summed E-state index contributed by atoms with van der Waals surface area (Å²) in [5.41, 5.74) is 6.89. The summed E-state index contributed by atoms with van der Waals surface area (Å²) in [5.74, 6) is -1.46.